The standard InChI is InChI=1S/C29H33N3O5S/c1-7-23-16-22(17-36-26-15-18(3)30-21(6)28(26)35-8-2)13-14-24(23)25-11-9-10-12-27(25)38(33,34)32-29-19(4)20(5)31-37-29/h9-16,32H,7-8,17H2,1-6H3. The Morgan fingerprint density at radius 2 is 1.68 bits per heavy atom. The highest BCUT2D eigenvalue weighted by Crippen LogP contribution is 2.34. The molecule has 0 saturated carbocycles. The summed E-state index contributed by atoms with van der Waals surface area (Å²) in [5.74, 6) is 1.42. The summed E-state index contributed by atoms with van der Waals surface area (Å²) in [6.45, 7) is 12.2. The van der Waals surface area contributed by atoms with Crippen LogP contribution >= 0.6 is 0 Å². The molecular weight excluding hydrogens is 502 g/mol. The van der Waals surface area contributed by atoms with Gasteiger partial charge >= 0.3 is 0 Å². The van der Waals surface area contributed by atoms with Gasteiger partial charge in [-0.15, -0.1) is 0 Å². The molecule has 0 unspecified atom stereocenters. The molecule has 1 N–H and O–H groups in total. The molecule has 0 aliphatic heterocycles. The Hall–Kier alpha value is -3.85. The predicted molar refractivity (Wildman–Crippen MR) is 147 cm³/mol. The number of nitrogens with zero attached hydrogens (tertiary/aromatic N) is 2. The van der Waals surface area contributed by atoms with Crippen molar-refractivity contribution in [1.82, 2.24) is 10.1 Å². The zero-order valence-corrected chi connectivity index (χ0v) is 23.4. The average molecular weight is 536 g/mol. The molecule has 200 valence electrons. The van der Waals surface area contributed by atoms with Crippen LogP contribution in [-0.2, 0) is 23.1 Å². The summed E-state index contributed by atoms with van der Waals surface area (Å²) >= 11 is 0. The van der Waals surface area contributed by atoms with E-state index in [1.165, 1.54) is 0 Å². The largest absolute Gasteiger partial charge is 0.488 e. The highest BCUT2D eigenvalue weighted by Gasteiger charge is 2.23. The zero-order valence-electron chi connectivity index (χ0n) is 22.6. The van der Waals surface area contributed by atoms with E-state index in [0.717, 1.165) is 28.1 Å². The smallest absolute Gasteiger partial charge is 0.264 e. The highest BCUT2D eigenvalue weighted by molar-refractivity contribution is 7.92. The summed E-state index contributed by atoms with van der Waals surface area (Å²) in [4.78, 5) is 4.64. The Labute approximate surface area is 224 Å². The summed E-state index contributed by atoms with van der Waals surface area (Å²) in [5.41, 5.74) is 6.34. The van der Waals surface area contributed by atoms with Crippen LogP contribution in [0.4, 0.5) is 5.88 Å². The van der Waals surface area contributed by atoms with Gasteiger partial charge in [0.05, 0.1) is 22.9 Å². The Kier molecular flexibility index (Phi) is 8.06. The molecule has 9 heteroatoms. The van der Waals surface area contributed by atoms with Crippen LogP contribution < -0.4 is 14.2 Å². The second-order valence-corrected chi connectivity index (χ2v) is 10.7. The molecule has 0 spiro atoms. The molecule has 0 fully saturated rings. The SMILES string of the molecule is CCOc1c(OCc2ccc(-c3ccccc3S(=O)(=O)Nc3onc(C)c3C)c(CC)c2)cc(C)nc1C. The van der Waals surface area contributed by atoms with Gasteiger partial charge in [0.1, 0.15) is 6.61 Å². The number of benzene rings is 2. The molecule has 2 heterocycles. The van der Waals surface area contributed by atoms with E-state index in [4.69, 9.17) is 14.0 Å². The Morgan fingerprint density at radius 3 is 2.37 bits per heavy atom. The van der Waals surface area contributed by atoms with Gasteiger partial charge in [0.25, 0.3) is 10.0 Å². The third kappa shape index (κ3) is 5.67. The van der Waals surface area contributed by atoms with Gasteiger partial charge in [-0.25, -0.2) is 13.1 Å². The van der Waals surface area contributed by atoms with Gasteiger partial charge in [-0.2, -0.15) is 0 Å². The monoisotopic (exact) mass is 535 g/mol. The molecular formula is C29H33N3O5S. The Bertz CT molecular complexity index is 1560. The van der Waals surface area contributed by atoms with E-state index in [0.29, 0.717) is 48.0 Å². The molecule has 2 aromatic carbocycles. The van der Waals surface area contributed by atoms with Crippen molar-refractivity contribution in [3.63, 3.8) is 0 Å². The minimum Gasteiger partial charge on any atom is -0.488 e. The quantitative estimate of drug-likeness (QED) is 0.254. The van der Waals surface area contributed by atoms with Crippen molar-refractivity contribution in [2.45, 2.75) is 59.5 Å². The number of hydrogen-bond acceptors (Lipinski definition) is 7. The van der Waals surface area contributed by atoms with Crippen molar-refractivity contribution in [2.24, 2.45) is 0 Å². The van der Waals surface area contributed by atoms with Gasteiger partial charge in [0.15, 0.2) is 11.5 Å². The van der Waals surface area contributed by atoms with Crippen molar-refractivity contribution < 1.29 is 22.4 Å². The minimum absolute atomic E-state index is 0.119. The van der Waals surface area contributed by atoms with Crippen LogP contribution in [0, 0.1) is 27.7 Å². The first-order valence-corrected chi connectivity index (χ1v) is 14.0. The third-order valence-electron chi connectivity index (χ3n) is 6.32. The molecule has 2 aromatic heterocycles. The van der Waals surface area contributed by atoms with E-state index in [1.807, 2.05) is 58.0 Å². The summed E-state index contributed by atoms with van der Waals surface area (Å²) in [6.07, 6.45) is 0.711. The summed E-state index contributed by atoms with van der Waals surface area (Å²) in [6, 6.07) is 14.8. The van der Waals surface area contributed by atoms with Crippen LogP contribution in [0.1, 0.15) is 47.6 Å². The van der Waals surface area contributed by atoms with E-state index in [9.17, 15) is 8.42 Å². The first-order valence-electron chi connectivity index (χ1n) is 12.5. The topological polar surface area (TPSA) is 104 Å². The van der Waals surface area contributed by atoms with Crippen molar-refractivity contribution in [3.05, 3.63) is 82.3 Å². The summed E-state index contributed by atoms with van der Waals surface area (Å²) in [7, 11) is -3.93. The van der Waals surface area contributed by atoms with Crippen molar-refractivity contribution >= 4 is 15.9 Å². The van der Waals surface area contributed by atoms with Crippen LogP contribution in [-0.4, -0.2) is 25.2 Å². The van der Waals surface area contributed by atoms with Gasteiger partial charge in [0.2, 0.25) is 5.88 Å². The number of aromatic nitrogens is 2. The molecule has 0 aliphatic rings. The van der Waals surface area contributed by atoms with Crippen LogP contribution in [0.2, 0.25) is 0 Å². The Balaban J connectivity index is 1.64. The number of hydrogen-bond donors (Lipinski definition) is 1. The van der Waals surface area contributed by atoms with E-state index in [1.54, 1.807) is 26.0 Å². The maximum absolute atomic E-state index is 13.4. The molecule has 0 aliphatic carbocycles. The first-order chi connectivity index (χ1) is 18.1. The zero-order chi connectivity index (χ0) is 27.4. The minimum atomic E-state index is -3.93. The second-order valence-electron chi connectivity index (χ2n) is 9.07. The lowest BCUT2D eigenvalue weighted by atomic mass is 9.96. The fraction of sp³-hybridized carbons (Fsp3) is 0.310. The molecule has 0 radical (unpaired) electrons. The molecule has 4 aromatic rings. The lowest BCUT2D eigenvalue weighted by Gasteiger charge is -2.17. The van der Waals surface area contributed by atoms with Crippen LogP contribution in [0.15, 0.2) is 57.9 Å². The van der Waals surface area contributed by atoms with Gasteiger partial charge < -0.3 is 14.0 Å². The number of nitrogens with one attached hydrogen (secondary N) is 1. The molecule has 0 bridgehead atoms. The maximum Gasteiger partial charge on any atom is 0.264 e. The number of rotatable bonds is 10. The lowest BCUT2D eigenvalue weighted by Crippen LogP contribution is -2.14. The maximum atomic E-state index is 13.4. The number of pyridine rings is 1. The number of sulfonamides is 1. The molecule has 0 saturated heterocycles. The normalized spacial score (nSPS) is 11.4. The van der Waals surface area contributed by atoms with Crippen molar-refractivity contribution in [3.8, 4) is 22.6 Å². The van der Waals surface area contributed by atoms with E-state index >= 15 is 0 Å². The lowest BCUT2D eigenvalue weighted by molar-refractivity contribution is 0.266. The first kappa shape index (κ1) is 27.2. The van der Waals surface area contributed by atoms with Crippen molar-refractivity contribution in [2.75, 3.05) is 11.3 Å². The second kappa shape index (κ2) is 11.3. The molecule has 8 nitrogen and oxygen atoms in total. The van der Waals surface area contributed by atoms with Gasteiger partial charge in [-0.3, -0.25) is 4.98 Å². The van der Waals surface area contributed by atoms with Crippen molar-refractivity contribution in [1.29, 1.82) is 0 Å². The van der Waals surface area contributed by atoms with Gasteiger partial charge in [-0.05, 0) is 63.8 Å². The average Bonchev–Trinajstić information content (AvgIpc) is 3.20. The van der Waals surface area contributed by atoms with Crippen LogP contribution in [0.25, 0.3) is 11.1 Å². The number of anilines is 1. The molecule has 38 heavy (non-hydrogen) atoms. The van der Waals surface area contributed by atoms with E-state index in [2.05, 4.69) is 20.9 Å². The fourth-order valence-electron chi connectivity index (χ4n) is 4.27. The van der Waals surface area contributed by atoms with E-state index in [-0.39, 0.29) is 10.8 Å². The predicted octanol–water partition coefficient (Wildman–Crippen LogP) is 6.31. The van der Waals surface area contributed by atoms with Gasteiger partial charge in [-0.1, -0.05) is 48.5 Å². The summed E-state index contributed by atoms with van der Waals surface area (Å²) < 4.78 is 46.4. The fourth-order valence-corrected chi connectivity index (χ4v) is 5.54. The van der Waals surface area contributed by atoms with Crippen LogP contribution in [0.3, 0.4) is 0 Å². The number of aryl methyl sites for hydroxylation is 4. The molecule has 0 amide bonds. The summed E-state index contributed by atoms with van der Waals surface area (Å²) in [5, 5.41) is 3.85. The third-order valence-corrected chi connectivity index (χ3v) is 7.71. The Morgan fingerprint density at radius 1 is 0.921 bits per heavy atom. The molecule has 4 rings (SSSR count). The molecule has 0 atom stereocenters. The van der Waals surface area contributed by atoms with Gasteiger partial charge in [0, 0.05) is 22.9 Å². The number of ether oxygens (including phenoxy) is 2. The highest BCUT2D eigenvalue weighted by atomic mass is 32.2. The van der Waals surface area contributed by atoms with Crippen LogP contribution in [0.5, 0.6) is 11.5 Å². The van der Waals surface area contributed by atoms with E-state index < -0.39 is 10.0 Å².